The van der Waals surface area contributed by atoms with Crippen LogP contribution in [-0.4, -0.2) is 17.8 Å². The molecule has 0 fully saturated rings. The minimum atomic E-state index is -0.930. The second-order valence-electron chi connectivity index (χ2n) is 2.76. The first-order valence-corrected chi connectivity index (χ1v) is 4.15. The Morgan fingerprint density at radius 2 is 1.83 bits per heavy atom. The van der Waals surface area contributed by atoms with Crippen molar-refractivity contribution in [2.45, 2.75) is 32.1 Å². The van der Waals surface area contributed by atoms with Gasteiger partial charge < -0.3 is 5.11 Å². The van der Waals surface area contributed by atoms with Gasteiger partial charge in [-0.15, -0.1) is 0 Å². The van der Waals surface area contributed by atoms with Crippen LogP contribution in [-0.2, 0) is 4.79 Å². The normalized spacial score (nSPS) is 9.75. The Balaban J connectivity index is 3.20. The van der Waals surface area contributed by atoms with E-state index in [0.717, 1.165) is 19.3 Å². The second-order valence-corrected chi connectivity index (χ2v) is 2.76. The molecule has 0 bridgehead atoms. The fraction of sp³-hybridized carbons (Fsp3) is 0.667. The number of hydrogen-bond donors (Lipinski definition) is 1. The summed E-state index contributed by atoms with van der Waals surface area (Å²) in [7, 11) is 0. The van der Waals surface area contributed by atoms with Crippen LogP contribution >= 0.6 is 0 Å². The lowest BCUT2D eigenvalue weighted by atomic mass is 10.1. The number of carboxylic acid groups (broad SMARTS) is 1. The van der Waals surface area contributed by atoms with Crippen LogP contribution in [0.1, 0.15) is 32.1 Å². The van der Waals surface area contributed by atoms with E-state index in [-0.39, 0.29) is 12.2 Å². The maximum atomic E-state index is 11.6. The molecule has 0 saturated carbocycles. The number of carbonyl (C=O) groups is 1. The highest BCUT2D eigenvalue weighted by atomic mass is 19.1. The maximum Gasteiger partial charge on any atom is 0.330 e. The van der Waals surface area contributed by atoms with E-state index in [1.165, 1.54) is 0 Å². The average Bonchev–Trinajstić information content (AvgIpc) is 2.03. The first kappa shape index (κ1) is 11.1. The first-order valence-electron chi connectivity index (χ1n) is 4.15. The molecule has 0 rings (SSSR count). The third kappa shape index (κ3) is 5.89. The van der Waals surface area contributed by atoms with Crippen LogP contribution in [0, 0.1) is 0 Å². The molecule has 0 aliphatic heterocycles. The van der Waals surface area contributed by atoms with Crippen LogP contribution in [0.4, 0.5) is 4.39 Å². The molecule has 70 valence electrons. The van der Waals surface area contributed by atoms with Crippen molar-refractivity contribution in [1.82, 2.24) is 0 Å². The van der Waals surface area contributed by atoms with Gasteiger partial charge in [-0.1, -0.05) is 19.4 Å². The van der Waals surface area contributed by atoms with Gasteiger partial charge in [0.15, 0.2) is 0 Å². The average molecular weight is 174 g/mol. The number of alkyl halides is 1. The molecule has 0 unspecified atom stereocenters. The topological polar surface area (TPSA) is 37.3 Å². The summed E-state index contributed by atoms with van der Waals surface area (Å²) in [6.07, 6.45) is 3.62. The van der Waals surface area contributed by atoms with Gasteiger partial charge in [0.1, 0.15) is 0 Å². The zero-order valence-electron chi connectivity index (χ0n) is 7.18. The molecule has 0 heterocycles. The van der Waals surface area contributed by atoms with Crippen LogP contribution < -0.4 is 0 Å². The standard InChI is InChI=1S/C9H15FO2/c1-8(9(11)12)6-4-2-3-5-7-10/h1-7H2,(H,11,12). The number of aliphatic carboxylic acids is 1. The molecule has 2 nitrogen and oxygen atoms in total. The van der Waals surface area contributed by atoms with Gasteiger partial charge in [0.05, 0.1) is 6.67 Å². The largest absolute Gasteiger partial charge is 0.478 e. The molecule has 0 aromatic rings. The minimum Gasteiger partial charge on any atom is -0.478 e. The highest BCUT2D eigenvalue weighted by molar-refractivity contribution is 5.85. The van der Waals surface area contributed by atoms with Crippen molar-refractivity contribution < 1.29 is 14.3 Å². The Morgan fingerprint density at radius 3 is 2.33 bits per heavy atom. The van der Waals surface area contributed by atoms with Crippen molar-refractivity contribution in [2.75, 3.05) is 6.67 Å². The van der Waals surface area contributed by atoms with Crippen molar-refractivity contribution in [3.05, 3.63) is 12.2 Å². The molecule has 0 saturated heterocycles. The zero-order valence-corrected chi connectivity index (χ0v) is 7.18. The van der Waals surface area contributed by atoms with E-state index in [0.29, 0.717) is 12.8 Å². The summed E-state index contributed by atoms with van der Waals surface area (Å²) >= 11 is 0. The Kier molecular flexibility index (Phi) is 6.34. The number of rotatable bonds is 7. The summed E-state index contributed by atoms with van der Waals surface area (Å²) in [5, 5.41) is 8.43. The molecule has 0 atom stereocenters. The lowest BCUT2D eigenvalue weighted by Gasteiger charge is -1.99. The van der Waals surface area contributed by atoms with Gasteiger partial charge in [-0.3, -0.25) is 4.39 Å². The predicted octanol–water partition coefficient (Wildman–Crippen LogP) is 2.55. The molecular formula is C9H15FO2. The number of carboxylic acids is 1. The molecule has 0 radical (unpaired) electrons. The van der Waals surface area contributed by atoms with E-state index < -0.39 is 5.97 Å². The molecule has 12 heavy (non-hydrogen) atoms. The summed E-state index contributed by atoms with van der Waals surface area (Å²) in [4.78, 5) is 10.3. The summed E-state index contributed by atoms with van der Waals surface area (Å²) in [6.45, 7) is 3.12. The van der Waals surface area contributed by atoms with E-state index in [1.807, 2.05) is 0 Å². The smallest absolute Gasteiger partial charge is 0.330 e. The van der Waals surface area contributed by atoms with E-state index >= 15 is 0 Å². The fourth-order valence-corrected chi connectivity index (χ4v) is 0.893. The van der Waals surface area contributed by atoms with E-state index in [1.54, 1.807) is 0 Å². The maximum absolute atomic E-state index is 11.6. The third-order valence-corrected chi connectivity index (χ3v) is 1.66. The molecule has 0 spiro atoms. The van der Waals surface area contributed by atoms with Crippen LogP contribution in [0.3, 0.4) is 0 Å². The minimum absolute atomic E-state index is 0.246. The summed E-state index contributed by atoms with van der Waals surface area (Å²) in [6, 6.07) is 0. The molecule has 0 aromatic carbocycles. The second kappa shape index (κ2) is 6.83. The van der Waals surface area contributed by atoms with Crippen LogP contribution in [0.2, 0.25) is 0 Å². The van der Waals surface area contributed by atoms with E-state index in [2.05, 4.69) is 6.58 Å². The van der Waals surface area contributed by atoms with E-state index in [9.17, 15) is 9.18 Å². The highest BCUT2D eigenvalue weighted by Gasteiger charge is 2.02. The molecule has 3 heteroatoms. The predicted molar refractivity (Wildman–Crippen MR) is 45.8 cm³/mol. The van der Waals surface area contributed by atoms with Crippen molar-refractivity contribution in [3.8, 4) is 0 Å². The lowest BCUT2D eigenvalue weighted by molar-refractivity contribution is -0.132. The molecule has 0 aliphatic carbocycles. The molecule has 0 amide bonds. The van der Waals surface area contributed by atoms with Crippen LogP contribution in [0.15, 0.2) is 12.2 Å². The first-order chi connectivity index (χ1) is 5.68. The molecular weight excluding hydrogens is 159 g/mol. The van der Waals surface area contributed by atoms with Gasteiger partial charge in [-0.05, 0) is 19.3 Å². The van der Waals surface area contributed by atoms with Gasteiger partial charge in [0.2, 0.25) is 0 Å². The Bertz CT molecular complexity index is 155. The van der Waals surface area contributed by atoms with Gasteiger partial charge in [0.25, 0.3) is 0 Å². The van der Waals surface area contributed by atoms with Crippen molar-refractivity contribution in [1.29, 1.82) is 0 Å². The number of unbranched alkanes of at least 4 members (excludes halogenated alkanes) is 3. The monoisotopic (exact) mass is 174 g/mol. The SMILES string of the molecule is C=C(CCCCCCF)C(=O)O. The van der Waals surface area contributed by atoms with Gasteiger partial charge in [-0.25, -0.2) is 4.79 Å². The van der Waals surface area contributed by atoms with Gasteiger partial charge in [-0.2, -0.15) is 0 Å². The molecule has 0 aromatic heterocycles. The molecule has 1 N–H and O–H groups in total. The van der Waals surface area contributed by atoms with Crippen molar-refractivity contribution in [3.63, 3.8) is 0 Å². The van der Waals surface area contributed by atoms with E-state index in [4.69, 9.17) is 5.11 Å². The lowest BCUT2D eigenvalue weighted by Crippen LogP contribution is -1.98. The summed E-state index contributed by atoms with van der Waals surface area (Å²) in [5.41, 5.74) is 0.246. The summed E-state index contributed by atoms with van der Waals surface area (Å²) in [5.74, 6) is -0.930. The molecule has 0 aliphatic rings. The van der Waals surface area contributed by atoms with Crippen LogP contribution in [0.25, 0.3) is 0 Å². The van der Waals surface area contributed by atoms with Crippen molar-refractivity contribution in [2.24, 2.45) is 0 Å². The Morgan fingerprint density at radius 1 is 1.25 bits per heavy atom. The Labute approximate surface area is 72.1 Å². The summed E-state index contributed by atoms with van der Waals surface area (Å²) < 4.78 is 11.6. The Hall–Kier alpha value is -0.860. The highest BCUT2D eigenvalue weighted by Crippen LogP contribution is 2.08. The number of halogens is 1. The van der Waals surface area contributed by atoms with Gasteiger partial charge >= 0.3 is 5.97 Å². The number of hydrogen-bond acceptors (Lipinski definition) is 1. The quantitative estimate of drug-likeness (QED) is 0.475. The zero-order chi connectivity index (χ0) is 9.40. The van der Waals surface area contributed by atoms with Crippen molar-refractivity contribution >= 4 is 5.97 Å². The van der Waals surface area contributed by atoms with Gasteiger partial charge in [0, 0.05) is 5.57 Å². The third-order valence-electron chi connectivity index (χ3n) is 1.66. The van der Waals surface area contributed by atoms with Crippen LogP contribution in [0.5, 0.6) is 0 Å². The fourth-order valence-electron chi connectivity index (χ4n) is 0.893.